The Labute approximate surface area is 56.7 Å². The molecule has 1 unspecified atom stereocenters. The maximum absolute atomic E-state index is 10.2. The molecule has 0 saturated heterocycles. The van der Waals surface area contributed by atoms with Crippen molar-refractivity contribution in [3.8, 4) is 0 Å². The van der Waals surface area contributed by atoms with Gasteiger partial charge in [0.25, 0.3) is 0 Å². The lowest BCUT2D eigenvalue weighted by atomic mass is 10.3. The van der Waals surface area contributed by atoms with Crippen LogP contribution in [0.1, 0.15) is 19.8 Å². The molecule has 0 aromatic carbocycles. The highest BCUT2D eigenvalue weighted by atomic mass is 32.2. The Hall–Kier alpha value is -0.0900. The van der Waals surface area contributed by atoms with Gasteiger partial charge in [-0.15, -0.1) is 0 Å². The van der Waals surface area contributed by atoms with Gasteiger partial charge in [-0.2, -0.15) is 0 Å². The average Bonchev–Trinajstić information content (AvgIpc) is 1.82. The van der Waals surface area contributed by atoms with Crippen LogP contribution in [0, 0.1) is 0 Å². The van der Waals surface area contributed by atoms with E-state index in [1.807, 2.05) is 0 Å². The van der Waals surface area contributed by atoms with Crippen LogP contribution >= 0.6 is 0 Å². The second-order valence-corrected chi connectivity index (χ2v) is 3.45. The first-order valence-electron chi connectivity index (χ1n) is 2.93. The molecule has 0 aromatic heterocycles. The van der Waals surface area contributed by atoms with E-state index in [-0.39, 0.29) is 11.9 Å². The van der Waals surface area contributed by atoms with Crippen molar-refractivity contribution < 1.29 is 13.5 Å². The van der Waals surface area contributed by atoms with Crippen molar-refractivity contribution in [2.24, 2.45) is 0 Å². The minimum atomic E-state index is -2.28. The predicted octanol–water partition coefficient (Wildman–Crippen LogP) is -0.241. The largest absolute Gasteiger partial charge is 0.396 e. The first kappa shape index (κ1) is 8.91. The number of thiol groups is 1. The van der Waals surface area contributed by atoms with Crippen LogP contribution in [0.15, 0.2) is 0 Å². The molecule has 9 heavy (non-hydrogen) atoms. The molecule has 0 aliphatic carbocycles. The quantitative estimate of drug-likeness (QED) is 0.547. The summed E-state index contributed by atoms with van der Waals surface area (Å²) in [5, 5.41) is 8.01. The van der Waals surface area contributed by atoms with Crippen molar-refractivity contribution in [2.75, 3.05) is 6.61 Å². The summed E-state index contributed by atoms with van der Waals surface area (Å²) in [5.41, 5.74) is 0. The summed E-state index contributed by atoms with van der Waals surface area (Å²) in [4.78, 5) is 0. The monoisotopic (exact) mass is 152 g/mol. The number of hydrogen-bond acceptors (Lipinski definition) is 3. The molecule has 0 rings (SSSR count). The Bertz CT molecular complexity index is 122. The highest BCUT2D eigenvalue weighted by molar-refractivity contribution is 7.73. The Morgan fingerprint density at radius 1 is 1.56 bits per heavy atom. The maximum Gasteiger partial charge on any atom is 0.142 e. The van der Waals surface area contributed by atoms with E-state index in [1.165, 1.54) is 0 Å². The lowest BCUT2D eigenvalue weighted by Gasteiger charge is -1.98. The van der Waals surface area contributed by atoms with Crippen molar-refractivity contribution >= 4 is 10.7 Å². The van der Waals surface area contributed by atoms with Crippen LogP contribution in [-0.2, 0) is 10.7 Å². The van der Waals surface area contributed by atoms with Crippen molar-refractivity contribution in [3.05, 3.63) is 0 Å². The first-order chi connectivity index (χ1) is 4.18. The Morgan fingerprint density at radius 2 is 2.11 bits per heavy atom. The van der Waals surface area contributed by atoms with Gasteiger partial charge in [-0.25, -0.2) is 8.42 Å². The summed E-state index contributed by atoms with van der Waals surface area (Å²) in [6.07, 6.45) is 1.14. The second-order valence-electron chi connectivity index (χ2n) is 2.00. The van der Waals surface area contributed by atoms with Gasteiger partial charge in [-0.3, -0.25) is 0 Å². The third kappa shape index (κ3) is 4.42. The van der Waals surface area contributed by atoms with Gasteiger partial charge in [0, 0.05) is 6.61 Å². The van der Waals surface area contributed by atoms with Crippen LogP contribution in [0.5, 0.6) is 0 Å². The number of aliphatic hydroxyl groups excluding tert-OH is 1. The first-order valence-corrected chi connectivity index (χ1v) is 4.17. The Kier molecular flexibility index (Phi) is 4.71. The maximum atomic E-state index is 10.2. The molecule has 0 aliphatic rings. The summed E-state index contributed by atoms with van der Waals surface area (Å²) in [6.45, 7) is 1.72. The Balaban J connectivity index is 3.38. The van der Waals surface area contributed by atoms with E-state index in [1.54, 1.807) is 6.92 Å². The fourth-order valence-corrected chi connectivity index (χ4v) is 0.886. The van der Waals surface area contributed by atoms with Gasteiger partial charge in [-0.05, 0) is 19.8 Å². The lowest BCUT2D eigenvalue weighted by Crippen LogP contribution is -2.04. The standard InChI is InChI=1S/C5H12O3S/c1-5(9(7)8)3-2-4-6/h5-6,9H,2-4H2,1H3. The molecule has 4 heteroatoms. The van der Waals surface area contributed by atoms with E-state index in [2.05, 4.69) is 0 Å². The third-order valence-electron chi connectivity index (χ3n) is 1.14. The van der Waals surface area contributed by atoms with E-state index in [9.17, 15) is 8.42 Å². The molecule has 3 nitrogen and oxygen atoms in total. The minimum Gasteiger partial charge on any atom is -0.396 e. The SMILES string of the molecule is CC(CCCO)[SH](=O)=O. The zero-order valence-corrected chi connectivity index (χ0v) is 6.30. The smallest absolute Gasteiger partial charge is 0.142 e. The van der Waals surface area contributed by atoms with Crippen LogP contribution in [0.25, 0.3) is 0 Å². The van der Waals surface area contributed by atoms with Crippen LogP contribution < -0.4 is 0 Å². The molecule has 0 amide bonds. The van der Waals surface area contributed by atoms with Crippen LogP contribution in [0.3, 0.4) is 0 Å². The van der Waals surface area contributed by atoms with Crippen LogP contribution in [0.2, 0.25) is 0 Å². The molecule has 1 N–H and O–H groups in total. The predicted molar refractivity (Wildman–Crippen MR) is 36.1 cm³/mol. The lowest BCUT2D eigenvalue weighted by molar-refractivity contribution is 0.284. The van der Waals surface area contributed by atoms with Crippen LogP contribution in [0.4, 0.5) is 0 Å². The highest BCUT2D eigenvalue weighted by Gasteiger charge is 2.01. The van der Waals surface area contributed by atoms with E-state index < -0.39 is 10.7 Å². The van der Waals surface area contributed by atoms with Gasteiger partial charge in [0.15, 0.2) is 0 Å². The molecule has 0 heterocycles. The normalized spacial score (nSPS) is 14.1. The van der Waals surface area contributed by atoms with Crippen LogP contribution in [-0.4, -0.2) is 25.4 Å². The van der Waals surface area contributed by atoms with Gasteiger partial charge in [0.05, 0.1) is 5.25 Å². The summed E-state index contributed by atoms with van der Waals surface area (Å²) in [5.74, 6) is 0. The molecule has 0 aliphatic heterocycles. The molecule has 1 atom stereocenters. The summed E-state index contributed by atoms with van der Waals surface area (Å²) >= 11 is 0. The molecular weight excluding hydrogens is 140 g/mol. The fourth-order valence-electron chi connectivity index (χ4n) is 0.492. The van der Waals surface area contributed by atoms with Gasteiger partial charge in [0.1, 0.15) is 10.7 Å². The number of rotatable bonds is 4. The van der Waals surface area contributed by atoms with Gasteiger partial charge in [0.2, 0.25) is 0 Å². The zero-order chi connectivity index (χ0) is 7.28. The molecule has 56 valence electrons. The topological polar surface area (TPSA) is 54.4 Å². The summed E-state index contributed by atoms with van der Waals surface area (Å²) < 4.78 is 20.3. The molecule has 0 spiro atoms. The van der Waals surface area contributed by atoms with Crippen molar-refractivity contribution in [3.63, 3.8) is 0 Å². The molecule has 0 aromatic rings. The number of hydrogen-bond donors (Lipinski definition) is 2. The number of aliphatic hydroxyl groups is 1. The highest BCUT2D eigenvalue weighted by Crippen LogP contribution is 1.97. The van der Waals surface area contributed by atoms with E-state index in [4.69, 9.17) is 5.11 Å². The molecule has 0 bridgehead atoms. The molecule has 0 fully saturated rings. The van der Waals surface area contributed by atoms with Gasteiger partial charge in [-0.1, -0.05) is 0 Å². The third-order valence-corrected chi connectivity index (χ3v) is 2.12. The van der Waals surface area contributed by atoms with Gasteiger partial charge >= 0.3 is 0 Å². The average molecular weight is 152 g/mol. The van der Waals surface area contributed by atoms with Crippen molar-refractivity contribution in [1.82, 2.24) is 0 Å². The minimum absolute atomic E-state index is 0.0769. The molecular formula is C5H12O3S. The summed E-state index contributed by atoms with van der Waals surface area (Å²) in [7, 11) is -2.28. The van der Waals surface area contributed by atoms with E-state index in [0.717, 1.165) is 0 Å². The van der Waals surface area contributed by atoms with Crippen molar-refractivity contribution in [1.29, 1.82) is 0 Å². The van der Waals surface area contributed by atoms with E-state index in [0.29, 0.717) is 12.8 Å². The van der Waals surface area contributed by atoms with Crippen molar-refractivity contribution in [2.45, 2.75) is 25.0 Å². The van der Waals surface area contributed by atoms with Gasteiger partial charge < -0.3 is 5.11 Å². The molecule has 0 radical (unpaired) electrons. The van der Waals surface area contributed by atoms with E-state index >= 15 is 0 Å². The summed E-state index contributed by atoms with van der Waals surface area (Å²) in [6, 6.07) is 0. The second kappa shape index (κ2) is 4.76. The molecule has 0 saturated carbocycles. The Morgan fingerprint density at radius 3 is 2.44 bits per heavy atom. The zero-order valence-electron chi connectivity index (χ0n) is 5.41. The fraction of sp³-hybridized carbons (Fsp3) is 1.00.